The first-order chi connectivity index (χ1) is 7.05. The van der Waals surface area contributed by atoms with Gasteiger partial charge in [-0.1, -0.05) is 6.07 Å². The molecule has 80 valence electrons. The molecule has 0 bridgehead atoms. The Morgan fingerprint density at radius 3 is 2.73 bits per heavy atom. The molecule has 1 N–H and O–H groups in total. The number of hydrogen-bond donors (Lipinski definition) is 1. The molecule has 3 rings (SSSR count). The third-order valence-corrected chi connectivity index (χ3v) is 6.03. The maximum Gasteiger partial charge on any atom is 0.187 e. The van der Waals surface area contributed by atoms with E-state index in [0.29, 0.717) is 11.4 Å². The van der Waals surface area contributed by atoms with Gasteiger partial charge in [0.2, 0.25) is 0 Å². The molecule has 15 heavy (non-hydrogen) atoms. The van der Waals surface area contributed by atoms with E-state index in [0.717, 1.165) is 24.1 Å². The van der Waals surface area contributed by atoms with Gasteiger partial charge < -0.3 is 5.32 Å². The highest BCUT2D eigenvalue weighted by Crippen LogP contribution is 2.50. The van der Waals surface area contributed by atoms with Gasteiger partial charge >= 0.3 is 0 Å². The van der Waals surface area contributed by atoms with Crippen LogP contribution in [0.4, 0.5) is 5.69 Å². The van der Waals surface area contributed by atoms with Gasteiger partial charge in [-0.3, -0.25) is 0 Å². The molecule has 0 radical (unpaired) electrons. The van der Waals surface area contributed by atoms with Gasteiger partial charge in [0, 0.05) is 6.54 Å². The molecule has 1 aromatic rings. The fraction of sp³-hybridized carbons (Fsp3) is 0.455. The zero-order valence-electron chi connectivity index (χ0n) is 8.58. The Kier molecular flexibility index (Phi) is 1.57. The van der Waals surface area contributed by atoms with Gasteiger partial charge in [-0.05, 0) is 37.5 Å². The van der Waals surface area contributed by atoms with Crippen LogP contribution in [0, 0.1) is 6.92 Å². The fourth-order valence-corrected chi connectivity index (χ4v) is 4.22. The highest BCUT2D eigenvalue weighted by atomic mass is 32.2. The van der Waals surface area contributed by atoms with Crippen molar-refractivity contribution < 1.29 is 8.42 Å². The van der Waals surface area contributed by atoms with Crippen LogP contribution in [0.3, 0.4) is 0 Å². The van der Waals surface area contributed by atoms with E-state index in [2.05, 4.69) is 5.32 Å². The summed E-state index contributed by atoms with van der Waals surface area (Å²) in [5, 5.41) is 3.23. The van der Waals surface area contributed by atoms with E-state index < -0.39 is 14.6 Å². The largest absolute Gasteiger partial charge is 0.382 e. The van der Waals surface area contributed by atoms with Gasteiger partial charge in [0.15, 0.2) is 9.84 Å². The van der Waals surface area contributed by atoms with E-state index in [-0.39, 0.29) is 0 Å². The zero-order valence-corrected chi connectivity index (χ0v) is 9.39. The van der Waals surface area contributed by atoms with E-state index in [1.807, 2.05) is 19.1 Å². The number of fused-ring (bicyclic) bond motifs is 1. The molecule has 4 heteroatoms. The van der Waals surface area contributed by atoms with E-state index in [9.17, 15) is 8.42 Å². The van der Waals surface area contributed by atoms with Crippen LogP contribution in [0.2, 0.25) is 0 Å². The highest BCUT2D eigenvalue weighted by molar-refractivity contribution is 7.93. The number of sulfone groups is 1. The predicted molar refractivity (Wildman–Crippen MR) is 58.8 cm³/mol. The molecule has 1 fully saturated rings. The van der Waals surface area contributed by atoms with Crippen LogP contribution in [0.15, 0.2) is 23.1 Å². The molecule has 3 nitrogen and oxygen atoms in total. The topological polar surface area (TPSA) is 46.2 Å². The van der Waals surface area contributed by atoms with Crippen molar-refractivity contribution in [2.45, 2.75) is 29.4 Å². The van der Waals surface area contributed by atoms with Gasteiger partial charge in [0.05, 0.1) is 15.3 Å². The molecule has 1 saturated carbocycles. The SMILES string of the molecule is Cc1ccc2c(c1)NCC1(CC1)S2(=O)=O. The van der Waals surface area contributed by atoms with E-state index >= 15 is 0 Å². The first-order valence-electron chi connectivity index (χ1n) is 5.14. The van der Waals surface area contributed by atoms with Gasteiger partial charge in [-0.2, -0.15) is 0 Å². The van der Waals surface area contributed by atoms with Crippen LogP contribution >= 0.6 is 0 Å². The molecule has 1 heterocycles. The highest BCUT2D eigenvalue weighted by Gasteiger charge is 2.57. The number of hydrogen-bond acceptors (Lipinski definition) is 3. The molecule has 0 unspecified atom stereocenters. The zero-order chi connectivity index (χ0) is 10.7. The Labute approximate surface area is 89.4 Å². The quantitative estimate of drug-likeness (QED) is 0.728. The summed E-state index contributed by atoms with van der Waals surface area (Å²) in [6.07, 6.45) is 1.60. The van der Waals surface area contributed by atoms with Gasteiger partial charge in [0.1, 0.15) is 0 Å². The lowest BCUT2D eigenvalue weighted by molar-refractivity contribution is 0.576. The van der Waals surface area contributed by atoms with Crippen molar-refractivity contribution >= 4 is 15.5 Å². The number of aryl methyl sites for hydroxylation is 1. The second-order valence-electron chi connectivity index (χ2n) is 4.54. The van der Waals surface area contributed by atoms with Crippen LogP contribution in [-0.2, 0) is 9.84 Å². The molecule has 1 aromatic carbocycles. The third kappa shape index (κ3) is 1.08. The number of benzene rings is 1. The van der Waals surface area contributed by atoms with Crippen LogP contribution < -0.4 is 5.32 Å². The Balaban J connectivity index is 2.24. The van der Waals surface area contributed by atoms with Gasteiger partial charge in [-0.25, -0.2) is 8.42 Å². The van der Waals surface area contributed by atoms with Crippen LogP contribution in [0.1, 0.15) is 18.4 Å². The molecule has 0 amide bonds. The second kappa shape index (κ2) is 2.55. The predicted octanol–water partition coefficient (Wildman–Crippen LogP) is 1.73. The fourth-order valence-electron chi connectivity index (χ4n) is 2.19. The van der Waals surface area contributed by atoms with Crippen molar-refractivity contribution in [3.05, 3.63) is 23.8 Å². The summed E-state index contributed by atoms with van der Waals surface area (Å²) >= 11 is 0. The summed E-state index contributed by atoms with van der Waals surface area (Å²) in [6.45, 7) is 2.54. The summed E-state index contributed by atoms with van der Waals surface area (Å²) in [5.74, 6) is 0. The van der Waals surface area contributed by atoms with Gasteiger partial charge in [0.25, 0.3) is 0 Å². The van der Waals surface area contributed by atoms with E-state index in [1.165, 1.54) is 0 Å². The minimum absolute atomic E-state index is 0.477. The average Bonchev–Trinajstić information content (AvgIpc) is 2.94. The van der Waals surface area contributed by atoms with Crippen molar-refractivity contribution in [2.24, 2.45) is 0 Å². The first kappa shape index (κ1) is 9.21. The second-order valence-corrected chi connectivity index (χ2v) is 6.85. The minimum atomic E-state index is -3.09. The maximum absolute atomic E-state index is 12.3. The summed E-state index contributed by atoms with van der Waals surface area (Å²) in [5.41, 5.74) is 1.86. The van der Waals surface area contributed by atoms with E-state index in [4.69, 9.17) is 0 Å². The van der Waals surface area contributed by atoms with Crippen LogP contribution in [0.5, 0.6) is 0 Å². The normalized spacial score (nSPS) is 24.3. The van der Waals surface area contributed by atoms with Gasteiger partial charge in [-0.15, -0.1) is 0 Å². The Bertz CT molecular complexity index is 530. The van der Waals surface area contributed by atoms with Crippen LogP contribution in [0.25, 0.3) is 0 Å². The van der Waals surface area contributed by atoms with Crippen molar-refractivity contribution in [3.63, 3.8) is 0 Å². The Morgan fingerprint density at radius 2 is 2.07 bits per heavy atom. The minimum Gasteiger partial charge on any atom is -0.382 e. The molecule has 2 aliphatic rings. The standard InChI is InChI=1S/C11H13NO2S/c1-8-2-3-10-9(6-8)12-7-11(4-5-11)15(10,13)14/h2-3,6,12H,4-5,7H2,1H3. The average molecular weight is 223 g/mol. The van der Waals surface area contributed by atoms with E-state index in [1.54, 1.807) is 6.07 Å². The Hall–Kier alpha value is -1.03. The number of anilines is 1. The smallest absolute Gasteiger partial charge is 0.187 e. The maximum atomic E-state index is 12.3. The summed E-state index contributed by atoms with van der Waals surface area (Å²) < 4.78 is 24.0. The molecule has 0 aromatic heterocycles. The molecular weight excluding hydrogens is 210 g/mol. The molecule has 0 saturated heterocycles. The first-order valence-corrected chi connectivity index (χ1v) is 6.63. The lowest BCUT2D eigenvalue weighted by Gasteiger charge is -2.26. The Morgan fingerprint density at radius 1 is 1.33 bits per heavy atom. The number of nitrogens with one attached hydrogen (secondary N) is 1. The van der Waals surface area contributed by atoms with Crippen molar-refractivity contribution in [2.75, 3.05) is 11.9 Å². The molecule has 1 aliphatic heterocycles. The number of rotatable bonds is 0. The third-order valence-electron chi connectivity index (χ3n) is 3.40. The van der Waals surface area contributed by atoms with Crippen molar-refractivity contribution in [1.82, 2.24) is 0 Å². The van der Waals surface area contributed by atoms with Crippen molar-refractivity contribution in [3.8, 4) is 0 Å². The lowest BCUT2D eigenvalue weighted by atomic mass is 10.2. The molecular formula is C11H13NO2S. The summed E-state index contributed by atoms with van der Waals surface area (Å²) in [6, 6.07) is 5.49. The van der Waals surface area contributed by atoms with Crippen LogP contribution in [-0.4, -0.2) is 19.7 Å². The summed E-state index contributed by atoms with van der Waals surface area (Å²) in [4.78, 5) is 0.483. The van der Waals surface area contributed by atoms with Crippen molar-refractivity contribution in [1.29, 1.82) is 0 Å². The molecule has 0 atom stereocenters. The summed E-state index contributed by atoms with van der Waals surface area (Å²) in [7, 11) is -3.09. The lowest BCUT2D eigenvalue weighted by Crippen LogP contribution is -2.36. The molecule has 1 spiro atoms. The molecule has 1 aliphatic carbocycles. The monoisotopic (exact) mass is 223 g/mol.